The van der Waals surface area contributed by atoms with E-state index in [1.165, 1.54) is 11.1 Å². The molecule has 0 amide bonds. The Morgan fingerprint density at radius 2 is 1.30 bits per heavy atom. The largest absolute Gasteiger partial charge is 0.445 e. The highest BCUT2D eigenvalue weighted by Crippen LogP contribution is 2.33. The second-order valence-electron chi connectivity index (χ2n) is 5.33. The fourth-order valence-corrected chi connectivity index (χ4v) is 2.77. The molecule has 0 saturated heterocycles. The van der Waals surface area contributed by atoms with E-state index in [2.05, 4.69) is 59.6 Å². The van der Waals surface area contributed by atoms with Crippen LogP contribution in [0.15, 0.2) is 95.7 Å². The maximum atomic E-state index is 5.49. The number of benzene rings is 3. The zero-order valence-electron chi connectivity index (χ0n) is 12.5. The zero-order chi connectivity index (χ0) is 15.5. The van der Waals surface area contributed by atoms with Crippen LogP contribution in [0.3, 0.4) is 0 Å². The molecule has 1 aromatic heterocycles. The maximum absolute atomic E-state index is 5.49. The number of hydrogen-bond acceptors (Lipinski definition) is 2. The van der Waals surface area contributed by atoms with Crippen molar-refractivity contribution in [1.82, 2.24) is 4.98 Å². The smallest absolute Gasteiger partial charge is 0.226 e. The van der Waals surface area contributed by atoms with Crippen molar-refractivity contribution in [1.29, 1.82) is 0 Å². The van der Waals surface area contributed by atoms with Gasteiger partial charge in [-0.2, -0.15) is 0 Å². The van der Waals surface area contributed by atoms with Crippen molar-refractivity contribution in [2.75, 3.05) is 0 Å². The van der Waals surface area contributed by atoms with Crippen LogP contribution in [0.25, 0.3) is 33.7 Å². The van der Waals surface area contributed by atoms with E-state index in [0.29, 0.717) is 5.89 Å². The van der Waals surface area contributed by atoms with Gasteiger partial charge in [0, 0.05) is 5.56 Å². The van der Waals surface area contributed by atoms with Gasteiger partial charge in [0.25, 0.3) is 0 Å². The first-order valence-corrected chi connectivity index (χ1v) is 7.56. The number of hydrogen-bond donors (Lipinski definition) is 0. The molecule has 0 radical (unpaired) electrons. The summed E-state index contributed by atoms with van der Waals surface area (Å²) in [6, 6.07) is 27.1. The van der Waals surface area contributed by atoms with E-state index in [-0.39, 0.29) is 0 Å². The van der Waals surface area contributed by atoms with E-state index in [0.717, 1.165) is 16.7 Å². The summed E-state index contributed by atoms with van der Waals surface area (Å²) in [5, 5.41) is 0. The normalized spacial score (nSPS) is 10.6. The fraction of sp³-hybridized carbons (Fsp3) is 0. The average Bonchev–Trinajstić information content (AvgIpc) is 3.17. The first-order chi connectivity index (χ1) is 11.4. The van der Waals surface area contributed by atoms with Crippen molar-refractivity contribution in [3.8, 4) is 33.7 Å². The van der Waals surface area contributed by atoms with Crippen molar-refractivity contribution >= 4 is 0 Å². The lowest BCUT2D eigenvalue weighted by Gasteiger charge is -2.09. The molecule has 0 atom stereocenters. The van der Waals surface area contributed by atoms with Crippen LogP contribution in [0.2, 0.25) is 0 Å². The highest BCUT2D eigenvalue weighted by atomic mass is 16.3. The van der Waals surface area contributed by atoms with Crippen LogP contribution < -0.4 is 0 Å². The Morgan fingerprint density at radius 1 is 0.609 bits per heavy atom. The second kappa shape index (κ2) is 5.93. The lowest BCUT2D eigenvalue weighted by Crippen LogP contribution is -1.86. The summed E-state index contributed by atoms with van der Waals surface area (Å²) in [6.45, 7) is 0. The monoisotopic (exact) mass is 297 g/mol. The molecule has 0 spiro atoms. The second-order valence-corrected chi connectivity index (χ2v) is 5.33. The fourth-order valence-electron chi connectivity index (χ4n) is 2.77. The Kier molecular flexibility index (Phi) is 3.49. The molecule has 2 heteroatoms. The van der Waals surface area contributed by atoms with E-state index in [1.807, 2.05) is 24.3 Å². The molecule has 110 valence electrons. The minimum Gasteiger partial charge on any atom is -0.445 e. The van der Waals surface area contributed by atoms with Gasteiger partial charge in [0.15, 0.2) is 0 Å². The minimum atomic E-state index is 0.644. The van der Waals surface area contributed by atoms with Crippen molar-refractivity contribution in [2.24, 2.45) is 0 Å². The molecule has 4 rings (SSSR count). The third-order valence-electron chi connectivity index (χ3n) is 3.87. The molecule has 0 unspecified atom stereocenters. The standard InChI is InChI=1S/C21H15NO/c1-2-7-16(8-3-1)17-9-6-10-18(15-17)19-11-4-5-12-20(19)21-22-13-14-23-21/h1-15H. The molecule has 0 aliphatic heterocycles. The van der Waals surface area contributed by atoms with Gasteiger partial charge in [0.1, 0.15) is 6.26 Å². The maximum Gasteiger partial charge on any atom is 0.226 e. The van der Waals surface area contributed by atoms with Gasteiger partial charge in [-0.25, -0.2) is 4.98 Å². The highest BCUT2D eigenvalue weighted by molar-refractivity contribution is 5.82. The molecule has 0 N–H and O–H groups in total. The molecule has 4 aromatic rings. The molecule has 0 bridgehead atoms. The van der Waals surface area contributed by atoms with Gasteiger partial charge in [0.2, 0.25) is 5.89 Å². The van der Waals surface area contributed by atoms with E-state index in [9.17, 15) is 0 Å². The van der Waals surface area contributed by atoms with E-state index < -0.39 is 0 Å². The Balaban J connectivity index is 1.84. The third kappa shape index (κ3) is 2.67. The van der Waals surface area contributed by atoms with Crippen LogP contribution in [0.4, 0.5) is 0 Å². The van der Waals surface area contributed by atoms with Crippen LogP contribution in [0.1, 0.15) is 0 Å². The van der Waals surface area contributed by atoms with Crippen molar-refractivity contribution in [2.45, 2.75) is 0 Å². The lowest BCUT2D eigenvalue weighted by molar-refractivity contribution is 0.575. The summed E-state index contributed by atoms with van der Waals surface area (Å²) in [5.41, 5.74) is 5.68. The molecule has 2 nitrogen and oxygen atoms in total. The molecule has 0 aliphatic carbocycles. The van der Waals surface area contributed by atoms with Gasteiger partial charge in [-0.3, -0.25) is 0 Å². The minimum absolute atomic E-state index is 0.644. The van der Waals surface area contributed by atoms with Crippen LogP contribution in [0.5, 0.6) is 0 Å². The van der Waals surface area contributed by atoms with Gasteiger partial charge in [-0.1, -0.05) is 66.7 Å². The van der Waals surface area contributed by atoms with Gasteiger partial charge in [0.05, 0.1) is 6.20 Å². The van der Waals surface area contributed by atoms with Crippen molar-refractivity contribution < 1.29 is 4.42 Å². The molecular weight excluding hydrogens is 282 g/mol. The summed E-state index contributed by atoms with van der Waals surface area (Å²) in [5.74, 6) is 0.644. The van der Waals surface area contributed by atoms with Gasteiger partial charge in [-0.15, -0.1) is 0 Å². The lowest BCUT2D eigenvalue weighted by atomic mass is 9.96. The molecule has 0 saturated carbocycles. The molecule has 1 heterocycles. The Morgan fingerprint density at radius 3 is 2.09 bits per heavy atom. The van der Waals surface area contributed by atoms with Crippen LogP contribution in [-0.2, 0) is 0 Å². The Labute approximate surface area is 135 Å². The topological polar surface area (TPSA) is 26.0 Å². The quantitative estimate of drug-likeness (QED) is 0.486. The van der Waals surface area contributed by atoms with E-state index in [1.54, 1.807) is 12.5 Å². The van der Waals surface area contributed by atoms with Crippen LogP contribution in [0, 0.1) is 0 Å². The molecular formula is C21H15NO. The number of nitrogens with zero attached hydrogens (tertiary/aromatic N) is 1. The Hall–Kier alpha value is -3.13. The SMILES string of the molecule is c1ccc(-c2cccc(-c3ccccc3-c3ncco3)c2)cc1. The molecule has 0 fully saturated rings. The predicted octanol–water partition coefficient (Wildman–Crippen LogP) is 5.68. The molecule has 0 aliphatic rings. The summed E-state index contributed by atoms with van der Waals surface area (Å²) in [7, 11) is 0. The number of oxazole rings is 1. The van der Waals surface area contributed by atoms with Crippen molar-refractivity contribution in [3.05, 3.63) is 91.3 Å². The first-order valence-electron chi connectivity index (χ1n) is 7.56. The predicted molar refractivity (Wildman–Crippen MR) is 92.8 cm³/mol. The van der Waals surface area contributed by atoms with E-state index in [4.69, 9.17) is 4.42 Å². The van der Waals surface area contributed by atoms with Gasteiger partial charge < -0.3 is 4.42 Å². The molecule has 3 aromatic carbocycles. The highest BCUT2D eigenvalue weighted by Gasteiger charge is 2.10. The summed E-state index contributed by atoms with van der Waals surface area (Å²) in [6.07, 6.45) is 3.28. The van der Waals surface area contributed by atoms with Crippen molar-refractivity contribution in [3.63, 3.8) is 0 Å². The summed E-state index contributed by atoms with van der Waals surface area (Å²) >= 11 is 0. The van der Waals surface area contributed by atoms with Crippen LogP contribution in [-0.4, -0.2) is 4.98 Å². The molecule has 23 heavy (non-hydrogen) atoms. The van der Waals surface area contributed by atoms with Gasteiger partial charge >= 0.3 is 0 Å². The zero-order valence-corrected chi connectivity index (χ0v) is 12.5. The summed E-state index contributed by atoms with van der Waals surface area (Å²) in [4.78, 5) is 4.29. The van der Waals surface area contributed by atoms with Crippen LogP contribution >= 0.6 is 0 Å². The summed E-state index contributed by atoms with van der Waals surface area (Å²) < 4.78 is 5.49. The Bertz CT molecular complexity index is 912. The first kappa shape index (κ1) is 13.5. The average molecular weight is 297 g/mol. The van der Waals surface area contributed by atoms with E-state index >= 15 is 0 Å². The number of rotatable bonds is 3. The van der Waals surface area contributed by atoms with Gasteiger partial charge in [-0.05, 0) is 34.4 Å². The number of aromatic nitrogens is 1. The third-order valence-corrected chi connectivity index (χ3v) is 3.87.